The Balaban J connectivity index is 1.70. The van der Waals surface area contributed by atoms with Gasteiger partial charge in [-0.3, -0.25) is 25.1 Å². The van der Waals surface area contributed by atoms with Crippen molar-refractivity contribution >= 4 is 17.1 Å². The number of anilines is 1. The number of hydrogen-bond acceptors (Lipinski definition) is 8. The molecule has 0 atom stereocenters. The lowest BCUT2D eigenvalue weighted by molar-refractivity contribution is -0.393. The summed E-state index contributed by atoms with van der Waals surface area (Å²) in [5.41, 5.74) is 0.741. The zero-order valence-corrected chi connectivity index (χ0v) is 13.6. The molecular weight excluding hydrogens is 330 g/mol. The Morgan fingerprint density at radius 2 is 1.84 bits per heavy atom. The fourth-order valence-corrected chi connectivity index (χ4v) is 2.91. The monoisotopic (exact) mass is 347 g/mol. The van der Waals surface area contributed by atoms with Gasteiger partial charge in [-0.05, 0) is 13.0 Å². The minimum absolute atomic E-state index is 0.241. The lowest BCUT2D eigenvalue weighted by atomic mass is 10.2. The van der Waals surface area contributed by atoms with Crippen molar-refractivity contribution in [2.45, 2.75) is 13.5 Å². The molecule has 0 radical (unpaired) electrons. The van der Waals surface area contributed by atoms with Crippen LogP contribution in [-0.2, 0) is 6.54 Å². The van der Waals surface area contributed by atoms with Crippen LogP contribution in [0.4, 0.5) is 17.1 Å². The van der Waals surface area contributed by atoms with Crippen LogP contribution >= 0.6 is 0 Å². The van der Waals surface area contributed by atoms with Crippen LogP contribution in [0.25, 0.3) is 0 Å². The maximum absolute atomic E-state index is 11.3. The van der Waals surface area contributed by atoms with Crippen LogP contribution in [0.5, 0.6) is 0 Å². The van der Waals surface area contributed by atoms with Crippen molar-refractivity contribution in [3.8, 4) is 0 Å². The number of nitro groups is 2. The first-order valence-electron chi connectivity index (χ1n) is 7.76. The number of non-ortho nitro benzene ring substituents is 1. The lowest BCUT2D eigenvalue weighted by Crippen LogP contribution is -2.46. The molecule has 1 aliphatic heterocycles. The molecule has 10 heteroatoms. The van der Waals surface area contributed by atoms with Gasteiger partial charge in [0.1, 0.15) is 11.4 Å². The number of hydrogen-bond donors (Lipinski definition) is 0. The van der Waals surface area contributed by atoms with E-state index in [1.165, 1.54) is 12.1 Å². The molecule has 0 unspecified atom stereocenters. The van der Waals surface area contributed by atoms with Gasteiger partial charge in [-0.1, -0.05) is 5.16 Å². The minimum atomic E-state index is -0.630. The number of aromatic nitrogens is 1. The number of piperazine rings is 1. The molecule has 132 valence electrons. The van der Waals surface area contributed by atoms with Crippen LogP contribution in [0, 0.1) is 27.2 Å². The van der Waals surface area contributed by atoms with E-state index in [-0.39, 0.29) is 11.4 Å². The summed E-state index contributed by atoms with van der Waals surface area (Å²) in [7, 11) is 0. The first kappa shape index (κ1) is 16.8. The normalized spacial score (nSPS) is 15.3. The molecule has 1 aromatic carbocycles. The van der Waals surface area contributed by atoms with Crippen LogP contribution in [0.15, 0.2) is 28.8 Å². The van der Waals surface area contributed by atoms with Crippen molar-refractivity contribution < 1.29 is 14.4 Å². The second-order valence-electron chi connectivity index (χ2n) is 5.88. The predicted octanol–water partition coefficient (Wildman–Crippen LogP) is 2.12. The van der Waals surface area contributed by atoms with Crippen LogP contribution < -0.4 is 4.90 Å². The third-order valence-corrected chi connectivity index (χ3v) is 4.14. The first-order chi connectivity index (χ1) is 11.9. The number of benzene rings is 1. The van der Waals surface area contributed by atoms with E-state index < -0.39 is 9.85 Å². The number of aryl methyl sites for hydroxylation is 1. The third kappa shape index (κ3) is 3.74. The van der Waals surface area contributed by atoms with E-state index in [0.29, 0.717) is 38.4 Å². The van der Waals surface area contributed by atoms with E-state index in [4.69, 9.17) is 4.52 Å². The minimum Gasteiger partial charge on any atom is -0.363 e. The zero-order chi connectivity index (χ0) is 18.0. The van der Waals surface area contributed by atoms with Gasteiger partial charge in [0, 0.05) is 44.9 Å². The zero-order valence-electron chi connectivity index (χ0n) is 13.6. The van der Waals surface area contributed by atoms with E-state index >= 15 is 0 Å². The van der Waals surface area contributed by atoms with Crippen molar-refractivity contribution in [3.05, 3.63) is 55.9 Å². The van der Waals surface area contributed by atoms with Crippen LogP contribution in [-0.4, -0.2) is 46.1 Å². The molecule has 0 N–H and O–H groups in total. The molecule has 25 heavy (non-hydrogen) atoms. The predicted molar refractivity (Wildman–Crippen MR) is 88.5 cm³/mol. The molecule has 1 fully saturated rings. The van der Waals surface area contributed by atoms with E-state index in [1.807, 2.05) is 17.9 Å². The van der Waals surface area contributed by atoms with Crippen molar-refractivity contribution in [2.75, 3.05) is 31.1 Å². The van der Waals surface area contributed by atoms with E-state index in [1.54, 1.807) is 0 Å². The number of rotatable bonds is 5. The highest BCUT2D eigenvalue weighted by atomic mass is 16.6. The standard InChI is InChI=1S/C15H17N5O5/c1-11-8-12(16-25-11)10-17-4-6-18(7-5-17)14-3-2-13(19(21)22)9-15(14)20(23)24/h2-3,8-9H,4-7,10H2,1H3. The summed E-state index contributed by atoms with van der Waals surface area (Å²) in [6.45, 7) is 5.10. The van der Waals surface area contributed by atoms with Gasteiger partial charge in [0.2, 0.25) is 0 Å². The first-order valence-corrected chi connectivity index (χ1v) is 7.76. The highest BCUT2D eigenvalue weighted by molar-refractivity contribution is 5.67. The number of nitrogens with zero attached hydrogens (tertiary/aromatic N) is 5. The highest BCUT2D eigenvalue weighted by Crippen LogP contribution is 2.32. The van der Waals surface area contributed by atoms with Crippen molar-refractivity contribution in [3.63, 3.8) is 0 Å². The summed E-state index contributed by atoms with van der Waals surface area (Å²) in [5, 5.41) is 26.1. The molecular formula is C15H17N5O5. The molecule has 0 saturated carbocycles. The molecule has 1 saturated heterocycles. The van der Waals surface area contributed by atoms with Gasteiger partial charge >= 0.3 is 0 Å². The molecule has 0 amide bonds. The topological polar surface area (TPSA) is 119 Å². The van der Waals surface area contributed by atoms with E-state index in [9.17, 15) is 20.2 Å². The molecule has 0 aliphatic carbocycles. The Morgan fingerprint density at radius 1 is 1.12 bits per heavy atom. The largest absolute Gasteiger partial charge is 0.363 e. The maximum Gasteiger partial charge on any atom is 0.299 e. The van der Waals surface area contributed by atoms with Crippen molar-refractivity contribution in [1.82, 2.24) is 10.1 Å². The van der Waals surface area contributed by atoms with Gasteiger partial charge in [-0.15, -0.1) is 0 Å². The van der Waals surface area contributed by atoms with Gasteiger partial charge in [0.05, 0.1) is 21.6 Å². The molecule has 0 spiro atoms. The van der Waals surface area contributed by atoms with E-state index in [0.717, 1.165) is 17.5 Å². The summed E-state index contributed by atoms with van der Waals surface area (Å²) in [6.07, 6.45) is 0. The smallest absolute Gasteiger partial charge is 0.299 e. The molecule has 3 rings (SSSR count). The summed E-state index contributed by atoms with van der Waals surface area (Å²) in [4.78, 5) is 25.0. The SMILES string of the molecule is Cc1cc(CN2CCN(c3ccc([N+](=O)[O-])cc3[N+](=O)[O-])CC2)no1. The second kappa shape index (κ2) is 6.85. The van der Waals surface area contributed by atoms with Crippen molar-refractivity contribution in [1.29, 1.82) is 0 Å². The fraction of sp³-hybridized carbons (Fsp3) is 0.400. The second-order valence-corrected chi connectivity index (χ2v) is 5.88. The Morgan fingerprint density at radius 3 is 2.40 bits per heavy atom. The molecule has 1 aliphatic rings. The summed E-state index contributed by atoms with van der Waals surface area (Å²) >= 11 is 0. The summed E-state index contributed by atoms with van der Waals surface area (Å²) < 4.78 is 5.05. The summed E-state index contributed by atoms with van der Waals surface area (Å²) in [5.74, 6) is 0.759. The molecule has 2 aromatic rings. The van der Waals surface area contributed by atoms with Gasteiger partial charge in [-0.2, -0.15) is 0 Å². The van der Waals surface area contributed by atoms with Gasteiger partial charge in [-0.25, -0.2) is 0 Å². The van der Waals surface area contributed by atoms with Crippen molar-refractivity contribution in [2.24, 2.45) is 0 Å². The van der Waals surface area contributed by atoms with Gasteiger partial charge < -0.3 is 9.42 Å². The third-order valence-electron chi connectivity index (χ3n) is 4.14. The quantitative estimate of drug-likeness (QED) is 0.596. The van der Waals surface area contributed by atoms with Gasteiger partial charge in [0.15, 0.2) is 0 Å². The average molecular weight is 347 g/mol. The molecule has 0 bridgehead atoms. The Bertz CT molecular complexity index is 797. The Kier molecular flexibility index (Phi) is 4.61. The van der Waals surface area contributed by atoms with Gasteiger partial charge in [0.25, 0.3) is 11.4 Å². The van der Waals surface area contributed by atoms with Crippen LogP contribution in [0.2, 0.25) is 0 Å². The number of nitro benzene ring substituents is 2. The summed E-state index contributed by atoms with van der Waals surface area (Å²) in [6, 6.07) is 5.65. The molecule has 10 nitrogen and oxygen atoms in total. The maximum atomic E-state index is 11.3. The van der Waals surface area contributed by atoms with Crippen LogP contribution in [0.1, 0.15) is 11.5 Å². The molecule has 2 heterocycles. The Hall–Kier alpha value is -3.01. The fourth-order valence-electron chi connectivity index (χ4n) is 2.91. The lowest BCUT2D eigenvalue weighted by Gasteiger charge is -2.35. The molecule has 1 aromatic heterocycles. The average Bonchev–Trinajstić information content (AvgIpc) is 3.00. The highest BCUT2D eigenvalue weighted by Gasteiger charge is 2.26. The van der Waals surface area contributed by atoms with E-state index in [2.05, 4.69) is 10.1 Å². The Labute approximate surface area is 142 Å². The van der Waals surface area contributed by atoms with Crippen LogP contribution in [0.3, 0.4) is 0 Å².